The van der Waals surface area contributed by atoms with Crippen LogP contribution in [0.5, 0.6) is 17.2 Å². The molecule has 1 amide bonds. The fourth-order valence-corrected chi connectivity index (χ4v) is 4.42. The van der Waals surface area contributed by atoms with Gasteiger partial charge in [0.25, 0.3) is 0 Å². The number of carbonyl (C=O) groups is 1. The predicted octanol–water partition coefficient (Wildman–Crippen LogP) is 1.34. The van der Waals surface area contributed by atoms with Gasteiger partial charge < -0.3 is 24.6 Å². The molecule has 1 fully saturated rings. The third-order valence-electron chi connectivity index (χ3n) is 5.09. The molecule has 3 N–H and O–H groups in total. The molecule has 10 heteroatoms. The third-order valence-corrected chi connectivity index (χ3v) is 6.63. The highest BCUT2D eigenvalue weighted by Crippen LogP contribution is 2.35. The van der Waals surface area contributed by atoms with E-state index in [2.05, 4.69) is 10.0 Å². The lowest BCUT2D eigenvalue weighted by atomic mass is 10.1. The van der Waals surface area contributed by atoms with Crippen LogP contribution in [-0.4, -0.2) is 51.5 Å². The van der Waals surface area contributed by atoms with E-state index >= 15 is 0 Å². The molecule has 0 bridgehead atoms. The average molecular weight is 463 g/mol. The van der Waals surface area contributed by atoms with Crippen molar-refractivity contribution in [1.82, 2.24) is 10.0 Å². The zero-order valence-electron chi connectivity index (χ0n) is 17.5. The van der Waals surface area contributed by atoms with Crippen molar-refractivity contribution in [3.8, 4) is 17.2 Å². The molecule has 1 aliphatic carbocycles. The van der Waals surface area contributed by atoms with Crippen molar-refractivity contribution in [3.05, 3.63) is 48.0 Å². The second-order valence-corrected chi connectivity index (χ2v) is 9.54. The Morgan fingerprint density at radius 3 is 2.62 bits per heavy atom. The highest BCUT2D eigenvalue weighted by Gasteiger charge is 2.27. The van der Waals surface area contributed by atoms with Gasteiger partial charge in [0.05, 0.1) is 4.90 Å². The van der Waals surface area contributed by atoms with Crippen molar-refractivity contribution >= 4 is 15.9 Å². The van der Waals surface area contributed by atoms with Crippen molar-refractivity contribution in [2.45, 2.75) is 42.7 Å². The Morgan fingerprint density at radius 1 is 1.12 bits per heavy atom. The minimum atomic E-state index is -3.47. The van der Waals surface area contributed by atoms with E-state index < -0.39 is 16.1 Å². The minimum Gasteiger partial charge on any atom is -0.491 e. The lowest BCUT2D eigenvalue weighted by Crippen LogP contribution is -2.35. The van der Waals surface area contributed by atoms with E-state index in [9.17, 15) is 18.3 Å². The van der Waals surface area contributed by atoms with Crippen LogP contribution in [0.15, 0.2) is 47.4 Å². The maximum Gasteiger partial charge on any atom is 0.240 e. The molecule has 0 radical (unpaired) electrons. The molecule has 1 aliphatic heterocycles. The summed E-state index contributed by atoms with van der Waals surface area (Å²) in [5.41, 5.74) is 0.859. The molecule has 0 spiro atoms. The minimum absolute atomic E-state index is 0.0186. The number of nitrogens with one attached hydrogen (secondary N) is 2. The van der Waals surface area contributed by atoms with Crippen molar-refractivity contribution < 1.29 is 32.5 Å². The molecule has 2 aliphatic rings. The van der Waals surface area contributed by atoms with Crippen LogP contribution in [0.4, 0.5) is 0 Å². The van der Waals surface area contributed by atoms with Crippen molar-refractivity contribution in [1.29, 1.82) is 0 Å². The summed E-state index contributed by atoms with van der Waals surface area (Å²) < 4.78 is 43.0. The Bertz CT molecular complexity index is 1050. The van der Waals surface area contributed by atoms with Gasteiger partial charge in [-0.15, -0.1) is 0 Å². The number of aliphatic hydroxyl groups excluding tert-OH is 1. The first kappa shape index (κ1) is 22.4. The highest BCUT2D eigenvalue weighted by molar-refractivity contribution is 7.89. The number of aryl methyl sites for hydroxylation is 1. The zero-order valence-corrected chi connectivity index (χ0v) is 18.3. The van der Waals surface area contributed by atoms with Crippen LogP contribution < -0.4 is 24.2 Å². The largest absolute Gasteiger partial charge is 0.491 e. The standard InChI is InChI=1S/C22H26N2O7S/c25-17(13-29-18-6-9-20-21(11-18)31-14-30-20)12-23-22(26)10-3-15-1-7-19(8-2-15)32(27,28)24-16-4-5-16/h1-2,6-9,11,16-17,24-25H,3-5,10,12-14H2,(H,23,26). The van der Waals surface area contributed by atoms with Crippen LogP contribution in [0.2, 0.25) is 0 Å². The molecule has 9 nitrogen and oxygen atoms in total. The molecular weight excluding hydrogens is 436 g/mol. The maximum absolute atomic E-state index is 12.2. The molecule has 1 heterocycles. The van der Waals surface area contributed by atoms with Gasteiger partial charge in [0, 0.05) is 25.1 Å². The van der Waals surface area contributed by atoms with E-state index in [0.717, 1.165) is 18.4 Å². The Kier molecular flexibility index (Phi) is 6.83. The Morgan fingerprint density at radius 2 is 1.88 bits per heavy atom. The maximum atomic E-state index is 12.2. The first-order valence-corrected chi connectivity index (χ1v) is 12.0. The van der Waals surface area contributed by atoms with Gasteiger partial charge in [-0.25, -0.2) is 13.1 Å². The summed E-state index contributed by atoms with van der Waals surface area (Å²) in [4.78, 5) is 12.3. The van der Waals surface area contributed by atoms with Crippen LogP contribution >= 0.6 is 0 Å². The second kappa shape index (κ2) is 9.76. The van der Waals surface area contributed by atoms with Gasteiger partial charge >= 0.3 is 0 Å². The van der Waals surface area contributed by atoms with Gasteiger partial charge in [-0.2, -0.15) is 0 Å². The molecule has 1 unspecified atom stereocenters. The fraction of sp³-hybridized carbons (Fsp3) is 0.409. The van der Waals surface area contributed by atoms with Gasteiger partial charge in [0.15, 0.2) is 11.5 Å². The van der Waals surface area contributed by atoms with Crippen LogP contribution in [0.25, 0.3) is 0 Å². The van der Waals surface area contributed by atoms with E-state index in [1.807, 2.05) is 0 Å². The van der Waals surface area contributed by atoms with Crippen LogP contribution in [-0.2, 0) is 21.2 Å². The van der Waals surface area contributed by atoms with Gasteiger partial charge in [0.1, 0.15) is 18.5 Å². The first-order chi connectivity index (χ1) is 15.4. The van der Waals surface area contributed by atoms with Crippen molar-refractivity contribution in [2.24, 2.45) is 0 Å². The van der Waals surface area contributed by atoms with Crippen molar-refractivity contribution in [3.63, 3.8) is 0 Å². The fourth-order valence-electron chi connectivity index (χ4n) is 3.12. The molecule has 0 aromatic heterocycles. The summed E-state index contributed by atoms with van der Waals surface area (Å²) in [6, 6.07) is 11.7. The molecule has 172 valence electrons. The van der Waals surface area contributed by atoms with E-state index in [1.165, 1.54) is 0 Å². The van der Waals surface area contributed by atoms with E-state index in [1.54, 1.807) is 42.5 Å². The highest BCUT2D eigenvalue weighted by atomic mass is 32.2. The summed E-state index contributed by atoms with van der Waals surface area (Å²) >= 11 is 0. The number of aliphatic hydroxyl groups is 1. The molecule has 32 heavy (non-hydrogen) atoms. The Balaban J connectivity index is 1.15. The summed E-state index contributed by atoms with van der Waals surface area (Å²) in [5.74, 6) is 1.57. The number of benzene rings is 2. The number of carbonyl (C=O) groups excluding carboxylic acids is 1. The van der Waals surface area contributed by atoms with Crippen LogP contribution in [0.1, 0.15) is 24.8 Å². The third kappa shape index (κ3) is 6.12. The van der Waals surface area contributed by atoms with Gasteiger partial charge in [-0.05, 0) is 49.1 Å². The van der Waals surface area contributed by atoms with E-state index in [4.69, 9.17) is 14.2 Å². The molecule has 1 atom stereocenters. The van der Waals surface area contributed by atoms with Crippen LogP contribution in [0, 0.1) is 0 Å². The summed E-state index contributed by atoms with van der Waals surface area (Å²) in [5, 5.41) is 12.7. The Hall–Kier alpha value is -2.82. The lowest BCUT2D eigenvalue weighted by Gasteiger charge is -2.13. The summed E-state index contributed by atoms with van der Waals surface area (Å²) in [7, 11) is -3.47. The summed E-state index contributed by atoms with van der Waals surface area (Å²) in [6.45, 7) is 0.256. The molecule has 4 rings (SSSR count). The molecule has 0 saturated heterocycles. The second-order valence-electron chi connectivity index (χ2n) is 7.82. The number of fused-ring (bicyclic) bond motifs is 1. The number of rotatable bonds is 11. The van der Waals surface area contributed by atoms with Crippen molar-refractivity contribution in [2.75, 3.05) is 19.9 Å². The normalized spacial score (nSPS) is 15.9. The molecule has 1 saturated carbocycles. The SMILES string of the molecule is O=C(CCc1ccc(S(=O)(=O)NC2CC2)cc1)NCC(O)COc1ccc2c(c1)OCO2. The van der Waals surface area contributed by atoms with Gasteiger partial charge in [-0.3, -0.25) is 4.79 Å². The Labute approximate surface area is 186 Å². The van der Waals surface area contributed by atoms with Gasteiger partial charge in [0.2, 0.25) is 22.7 Å². The number of amides is 1. The number of hydrogen-bond acceptors (Lipinski definition) is 7. The predicted molar refractivity (Wildman–Crippen MR) is 115 cm³/mol. The molecular formula is C22H26N2O7S. The first-order valence-electron chi connectivity index (χ1n) is 10.5. The number of ether oxygens (including phenoxy) is 3. The van der Waals surface area contributed by atoms with Gasteiger partial charge in [-0.1, -0.05) is 12.1 Å². The van der Waals surface area contributed by atoms with E-state index in [-0.39, 0.29) is 43.2 Å². The van der Waals surface area contributed by atoms with Crippen LogP contribution in [0.3, 0.4) is 0 Å². The smallest absolute Gasteiger partial charge is 0.240 e. The number of hydrogen-bond donors (Lipinski definition) is 3. The number of sulfonamides is 1. The zero-order chi connectivity index (χ0) is 22.6. The average Bonchev–Trinajstić information content (AvgIpc) is 3.46. The molecule has 2 aromatic carbocycles. The monoisotopic (exact) mass is 462 g/mol. The van der Waals surface area contributed by atoms with E-state index in [0.29, 0.717) is 23.7 Å². The lowest BCUT2D eigenvalue weighted by molar-refractivity contribution is -0.121. The summed E-state index contributed by atoms with van der Waals surface area (Å²) in [6.07, 6.45) is 1.58. The topological polar surface area (TPSA) is 123 Å². The molecule has 2 aromatic rings. The quantitative estimate of drug-likeness (QED) is 0.461.